The molecule has 0 radical (unpaired) electrons. The largest absolute Gasteiger partial charge is 0.493 e. The van der Waals surface area contributed by atoms with Crippen molar-refractivity contribution in [1.82, 2.24) is 5.32 Å². The fourth-order valence-electron chi connectivity index (χ4n) is 3.10. The molecule has 3 rings (SSSR count). The fourth-order valence-corrected chi connectivity index (χ4v) is 3.10. The van der Waals surface area contributed by atoms with Gasteiger partial charge in [0.2, 0.25) is 5.91 Å². The molecule has 6 heteroatoms. The second-order valence-electron chi connectivity index (χ2n) is 6.55. The van der Waals surface area contributed by atoms with Crippen molar-refractivity contribution >= 4 is 22.6 Å². The van der Waals surface area contributed by atoms with Crippen LogP contribution in [0, 0.1) is 0 Å². The predicted molar refractivity (Wildman–Crippen MR) is 110 cm³/mol. The lowest BCUT2D eigenvalue weighted by Gasteiger charge is -2.16. The highest BCUT2D eigenvalue weighted by atomic mass is 16.5. The second kappa shape index (κ2) is 9.59. The molecule has 2 N–H and O–H groups in total. The van der Waals surface area contributed by atoms with E-state index in [1.165, 1.54) is 0 Å². The minimum Gasteiger partial charge on any atom is -0.493 e. The van der Waals surface area contributed by atoms with Gasteiger partial charge in [-0.05, 0) is 22.4 Å². The van der Waals surface area contributed by atoms with Gasteiger partial charge in [0.15, 0.2) is 11.5 Å². The van der Waals surface area contributed by atoms with Crippen LogP contribution in [0.2, 0.25) is 0 Å². The number of carbonyl (C=O) groups is 2. The number of nitrogens with one attached hydrogen (secondary N) is 1. The average Bonchev–Trinajstić information content (AvgIpc) is 2.74. The number of fused-ring (bicyclic) bond motifs is 1. The lowest BCUT2D eigenvalue weighted by atomic mass is 10.1. The Balaban J connectivity index is 1.75. The zero-order valence-corrected chi connectivity index (χ0v) is 16.2. The fraction of sp³-hybridized carbons (Fsp3) is 0.217. The molecule has 0 aromatic heterocycles. The zero-order valence-electron chi connectivity index (χ0n) is 16.2. The molecule has 0 heterocycles. The molecule has 3 aromatic rings. The van der Waals surface area contributed by atoms with Crippen molar-refractivity contribution in [3.05, 3.63) is 71.8 Å². The lowest BCUT2D eigenvalue weighted by molar-refractivity contribution is -0.138. The van der Waals surface area contributed by atoms with Gasteiger partial charge in [-0.2, -0.15) is 0 Å². The molecule has 0 aliphatic carbocycles. The number of carboxylic acid groups (broad SMARTS) is 1. The summed E-state index contributed by atoms with van der Waals surface area (Å²) in [6.07, 6.45) is -0.264. The zero-order chi connectivity index (χ0) is 20.6. The second-order valence-corrected chi connectivity index (χ2v) is 6.55. The summed E-state index contributed by atoms with van der Waals surface area (Å²) in [7, 11) is 1.56. The average molecular weight is 393 g/mol. The third-order valence-electron chi connectivity index (χ3n) is 4.57. The first-order valence-electron chi connectivity index (χ1n) is 9.32. The molecule has 0 atom stereocenters. The van der Waals surface area contributed by atoms with E-state index < -0.39 is 5.97 Å². The van der Waals surface area contributed by atoms with Crippen LogP contribution in [-0.2, 0) is 22.7 Å². The van der Waals surface area contributed by atoms with Crippen LogP contribution in [0.15, 0.2) is 60.7 Å². The number of rotatable bonds is 9. The minimum absolute atomic E-state index is 0.0640. The van der Waals surface area contributed by atoms with Gasteiger partial charge < -0.3 is 19.9 Å². The van der Waals surface area contributed by atoms with Gasteiger partial charge in [-0.1, -0.05) is 54.6 Å². The van der Waals surface area contributed by atoms with E-state index in [4.69, 9.17) is 14.6 Å². The number of amides is 1. The van der Waals surface area contributed by atoms with Gasteiger partial charge in [-0.15, -0.1) is 0 Å². The number of hydrogen-bond donors (Lipinski definition) is 2. The molecule has 0 bridgehead atoms. The number of hydrogen-bond acceptors (Lipinski definition) is 4. The van der Waals surface area contributed by atoms with Crippen LogP contribution < -0.4 is 14.8 Å². The summed E-state index contributed by atoms with van der Waals surface area (Å²) in [4.78, 5) is 22.5. The Kier molecular flexibility index (Phi) is 6.68. The molecule has 0 fully saturated rings. The molecule has 1 amide bonds. The van der Waals surface area contributed by atoms with Gasteiger partial charge in [0.05, 0.1) is 13.5 Å². The topological polar surface area (TPSA) is 84.9 Å². The summed E-state index contributed by atoms with van der Waals surface area (Å²) in [6, 6.07) is 19.6. The van der Waals surface area contributed by atoms with E-state index in [0.29, 0.717) is 18.1 Å². The lowest BCUT2D eigenvalue weighted by Crippen LogP contribution is -2.23. The minimum atomic E-state index is -0.999. The maximum atomic E-state index is 11.9. The summed E-state index contributed by atoms with van der Waals surface area (Å²) in [5.41, 5.74) is 1.80. The van der Waals surface area contributed by atoms with Crippen molar-refractivity contribution in [3.8, 4) is 11.5 Å². The van der Waals surface area contributed by atoms with Crippen molar-refractivity contribution in [1.29, 1.82) is 0 Å². The standard InChI is InChI=1S/C23H23NO5/c1-28-20-11-5-8-17(14-24-21(25)12-13-22(26)27)23(20)29-15-18-9-4-7-16-6-2-3-10-19(16)18/h2-11H,12-15H2,1H3,(H,24,25)(H,26,27). The first-order valence-corrected chi connectivity index (χ1v) is 9.32. The van der Waals surface area contributed by atoms with E-state index in [1.807, 2.05) is 36.4 Å². The van der Waals surface area contributed by atoms with Crippen molar-refractivity contribution < 1.29 is 24.2 Å². The van der Waals surface area contributed by atoms with Crippen LogP contribution in [0.1, 0.15) is 24.0 Å². The van der Waals surface area contributed by atoms with Crippen molar-refractivity contribution in [2.24, 2.45) is 0 Å². The molecule has 3 aromatic carbocycles. The van der Waals surface area contributed by atoms with E-state index in [1.54, 1.807) is 13.2 Å². The summed E-state index contributed by atoms with van der Waals surface area (Å²) < 4.78 is 11.5. The molecule has 0 unspecified atom stereocenters. The van der Waals surface area contributed by atoms with Crippen LogP contribution in [0.5, 0.6) is 11.5 Å². The van der Waals surface area contributed by atoms with E-state index in [-0.39, 0.29) is 25.3 Å². The molecular formula is C23H23NO5. The van der Waals surface area contributed by atoms with Gasteiger partial charge in [-0.25, -0.2) is 0 Å². The summed E-state index contributed by atoms with van der Waals surface area (Å²) in [5, 5.41) is 13.7. The molecule has 0 spiro atoms. The monoisotopic (exact) mass is 393 g/mol. The van der Waals surface area contributed by atoms with E-state index in [2.05, 4.69) is 23.5 Å². The first kappa shape index (κ1) is 20.2. The van der Waals surface area contributed by atoms with Gasteiger partial charge in [0.25, 0.3) is 0 Å². The molecule has 0 saturated carbocycles. The van der Waals surface area contributed by atoms with Crippen LogP contribution in [-0.4, -0.2) is 24.1 Å². The Hall–Kier alpha value is -3.54. The number of aliphatic carboxylic acids is 1. The van der Waals surface area contributed by atoms with Gasteiger partial charge in [0.1, 0.15) is 6.61 Å². The Morgan fingerprint density at radius 3 is 2.45 bits per heavy atom. The molecular weight excluding hydrogens is 370 g/mol. The number of benzene rings is 3. The number of ether oxygens (including phenoxy) is 2. The first-order chi connectivity index (χ1) is 14.1. The Bertz CT molecular complexity index is 1010. The van der Waals surface area contributed by atoms with Crippen LogP contribution in [0.3, 0.4) is 0 Å². The van der Waals surface area contributed by atoms with Crippen LogP contribution in [0.25, 0.3) is 10.8 Å². The SMILES string of the molecule is COc1cccc(CNC(=O)CCC(=O)O)c1OCc1cccc2ccccc12. The highest BCUT2D eigenvalue weighted by molar-refractivity contribution is 5.85. The summed E-state index contributed by atoms with van der Waals surface area (Å²) in [5.74, 6) is -0.195. The molecule has 0 saturated heterocycles. The van der Waals surface area contributed by atoms with E-state index in [9.17, 15) is 9.59 Å². The van der Waals surface area contributed by atoms with Crippen LogP contribution in [0.4, 0.5) is 0 Å². The number of carboxylic acids is 1. The molecule has 29 heavy (non-hydrogen) atoms. The molecule has 0 aliphatic rings. The van der Waals surface area contributed by atoms with E-state index >= 15 is 0 Å². The summed E-state index contributed by atoms with van der Waals surface area (Å²) >= 11 is 0. The third-order valence-corrected chi connectivity index (χ3v) is 4.57. The van der Waals surface area contributed by atoms with Gasteiger partial charge in [0, 0.05) is 18.5 Å². The van der Waals surface area contributed by atoms with Crippen LogP contribution >= 0.6 is 0 Å². The highest BCUT2D eigenvalue weighted by Crippen LogP contribution is 2.32. The Labute approximate surface area is 169 Å². The Morgan fingerprint density at radius 1 is 0.931 bits per heavy atom. The van der Waals surface area contributed by atoms with Crippen molar-refractivity contribution in [3.63, 3.8) is 0 Å². The molecule has 150 valence electrons. The predicted octanol–water partition coefficient (Wildman–Crippen LogP) is 3.91. The highest BCUT2D eigenvalue weighted by Gasteiger charge is 2.13. The number of para-hydroxylation sites is 1. The number of carbonyl (C=O) groups excluding carboxylic acids is 1. The number of methoxy groups -OCH3 is 1. The summed E-state index contributed by atoms with van der Waals surface area (Å²) in [6.45, 7) is 0.572. The quantitative estimate of drug-likeness (QED) is 0.576. The smallest absolute Gasteiger partial charge is 0.303 e. The van der Waals surface area contributed by atoms with Gasteiger partial charge >= 0.3 is 5.97 Å². The van der Waals surface area contributed by atoms with Crippen molar-refractivity contribution in [2.75, 3.05) is 7.11 Å². The normalized spacial score (nSPS) is 10.5. The third kappa shape index (κ3) is 5.25. The molecule has 6 nitrogen and oxygen atoms in total. The maximum absolute atomic E-state index is 11.9. The van der Waals surface area contributed by atoms with Crippen molar-refractivity contribution in [2.45, 2.75) is 26.0 Å². The molecule has 0 aliphatic heterocycles. The Morgan fingerprint density at radius 2 is 1.66 bits per heavy atom. The van der Waals surface area contributed by atoms with E-state index in [0.717, 1.165) is 21.9 Å². The maximum Gasteiger partial charge on any atom is 0.303 e. The van der Waals surface area contributed by atoms with Gasteiger partial charge in [-0.3, -0.25) is 9.59 Å².